The molecule has 0 saturated carbocycles. The fraction of sp³-hybridized carbons (Fsp3) is 0.549. The molecule has 0 spiro atoms. The molecule has 2 unspecified atom stereocenters. The van der Waals surface area contributed by atoms with Gasteiger partial charge in [-0.1, -0.05) is 67.6 Å². The number of rotatable bonds is 28. The SMILES string of the molecule is C=C1C[C@H]2CN3C(=O)OCc4ccc(cc4)CC(=O)[C@H](CCC(=O)NCCOCCOC)NC(=O)[C@H](C)CC(=O)CCOCCC(=O)C[C@@H](C)C(=O)N[C@@H](CCC(=O)NCCOCCOC)C(=O)Nc4ccc(cc4)COC(=O)N4c5cc(c(OC)cc5C(=O)N5C/C(=N/OCCOCCN6C(=O)CC(SC)C6=O)C[C@H]5C4C)OCCCOc4cc3c(cc4OC)C(=O)N2C1. The highest BCUT2D eigenvalue weighted by Gasteiger charge is 2.47. The number of oxime groups is 1. The van der Waals surface area contributed by atoms with E-state index in [1.54, 1.807) is 77.6 Å². The number of nitrogens with zero attached hydrogens (tertiary/aromatic N) is 6. The number of benzene rings is 4. The molecule has 0 aliphatic carbocycles. The Labute approximate surface area is 759 Å². The Morgan fingerprint density at radius 1 is 0.569 bits per heavy atom. The second-order valence-corrected chi connectivity index (χ2v) is 33.3. The van der Waals surface area contributed by atoms with Gasteiger partial charge in [0, 0.05) is 128 Å². The van der Waals surface area contributed by atoms with Crippen molar-refractivity contribution in [1.82, 2.24) is 36.0 Å². The third-order valence-corrected chi connectivity index (χ3v) is 23.6. The molecule has 8 bridgehead atoms. The predicted molar refractivity (Wildman–Crippen MR) is 474 cm³/mol. The fourth-order valence-electron chi connectivity index (χ4n) is 15.5. The summed E-state index contributed by atoms with van der Waals surface area (Å²) in [6, 6.07) is 14.6. The van der Waals surface area contributed by atoms with Gasteiger partial charge in [0.05, 0.1) is 171 Å². The number of hydrogen-bond donors (Lipinski definition) is 5. The number of fused-ring (bicyclic) bond motifs is 2. The Bertz CT molecular complexity index is 4710. The van der Waals surface area contributed by atoms with E-state index in [4.69, 9.17) is 61.7 Å². The van der Waals surface area contributed by atoms with Gasteiger partial charge < -0.3 is 98.1 Å². The van der Waals surface area contributed by atoms with E-state index >= 15 is 9.59 Å². The van der Waals surface area contributed by atoms with Gasteiger partial charge in [-0.15, -0.1) is 0 Å². The van der Waals surface area contributed by atoms with Gasteiger partial charge in [-0.05, 0) is 73.4 Å². The summed E-state index contributed by atoms with van der Waals surface area (Å²) in [5.74, 6) is -6.59. The molecular formula is C91H119N11O27S. The lowest BCUT2D eigenvalue weighted by Crippen LogP contribution is -2.49. The molecule has 3 fully saturated rings. The van der Waals surface area contributed by atoms with Crippen LogP contribution in [0.1, 0.15) is 135 Å². The molecule has 39 heteroatoms. The topological polar surface area (TPSA) is 448 Å². The maximum Gasteiger partial charge on any atom is 0.414 e. The smallest absolute Gasteiger partial charge is 0.414 e. The van der Waals surface area contributed by atoms with E-state index in [-0.39, 0.29) is 269 Å². The van der Waals surface area contributed by atoms with Gasteiger partial charge in [0.25, 0.3) is 11.8 Å². The van der Waals surface area contributed by atoms with Crippen LogP contribution in [0.3, 0.4) is 0 Å². The number of methoxy groups -OCH3 is 4. The summed E-state index contributed by atoms with van der Waals surface area (Å²) in [5.41, 5.74) is 3.54. The molecule has 38 nitrogen and oxygen atoms in total. The van der Waals surface area contributed by atoms with Gasteiger partial charge in [-0.3, -0.25) is 72.2 Å². The standard InChI is InChI=1S/C91H119N11O27S/c1-56-41-65-53-101-73-48-78(76(119-7)46-68(73)87(112)99(65)51-56)125-28-10-29-126-79-49-74-69(47-77(79)120-8)88(113)100-52-64(97-129-40-39-124-34-27-98-83(108)50-80(130-9)89(98)114)45-72(100)59(4)102(74)91(116)128-55-62-15-17-63(18-16-62)94-86(111)71(20-22-82(107)93-26-33-123-38-36-118-6)96-85(110)58(3)43-67(104)24-31-121-30-23-66(103)42-57(2)84(109)95-70(19-21-81(106)92-25-32-122-37-35-117-5)75(105)44-60-11-13-61(14-12-60)54-127-90(101)115/h11-18,46-49,57-59,65,70-72,80H,1,10,19-45,50-55H2,2-9H3,(H,92,106)(H,93,107)(H,94,111)(H,95,109)(H,96,110)/b97-64+/t57-,58-,59?,65+,70+,71+,72+,80?/m1/s1. The van der Waals surface area contributed by atoms with Crippen molar-refractivity contribution in [3.63, 3.8) is 0 Å². The summed E-state index contributed by atoms with van der Waals surface area (Å²) in [4.78, 5) is 207. The number of thioether (sulfide) groups is 1. The zero-order valence-electron chi connectivity index (χ0n) is 74.9. The normalized spacial score (nSPS) is 22.1. The molecule has 8 atom stereocenters. The molecule has 9 aliphatic rings. The minimum absolute atomic E-state index is 0.00440. The van der Waals surface area contributed by atoms with Crippen LogP contribution in [0, 0.1) is 11.8 Å². The molecular weight excluding hydrogens is 1710 g/mol. The number of nitrogens with one attached hydrogen (secondary N) is 5. The molecule has 4 aromatic carbocycles. The number of amides is 11. The minimum Gasteiger partial charge on any atom is -0.493 e. The van der Waals surface area contributed by atoms with Crippen LogP contribution in [0.15, 0.2) is 90.1 Å². The van der Waals surface area contributed by atoms with E-state index < -0.39 is 101 Å². The maximum atomic E-state index is 15.1. The average Bonchev–Trinajstić information content (AvgIpc) is 1.53. The number of hydrogen-bond acceptors (Lipinski definition) is 29. The lowest BCUT2D eigenvalue weighted by atomic mass is 9.97. The Morgan fingerprint density at radius 3 is 1.69 bits per heavy atom. The van der Waals surface area contributed by atoms with E-state index in [2.05, 4.69) is 38.3 Å². The Balaban J connectivity index is 0.891. The fourth-order valence-corrected chi connectivity index (χ4v) is 16.1. The van der Waals surface area contributed by atoms with Crippen molar-refractivity contribution < 1.29 is 129 Å². The summed E-state index contributed by atoms with van der Waals surface area (Å²) < 4.78 is 69.0. The van der Waals surface area contributed by atoms with Gasteiger partial charge in [0.1, 0.15) is 37.4 Å². The second kappa shape index (κ2) is 50.5. The predicted octanol–water partition coefficient (Wildman–Crippen LogP) is 6.26. The molecule has 13 rings (SSSR count). The summed E-state index contributed by atoms with van der Waals surface area (Å²) in [6.07, 6.45) is -0.531. The van der Waals surface area contributed by atoms with E-state index in [0.717, 1.165) is 5.57 Å². The monoisotopic (exact) mass is 1830 g/mol. The van der Waals surface area contributed by atoms with Crippen molar-refractivity contribution in [3.05, 3.63) is 113 Å². The average molecular weight is 1830 g/mol. The highest BCUT2D eigenvalue weighted by atomic mass is 32.2. The van der Waals surface area contributed by atoms with Crippen LogP contribution in [0.4, 0.5) is 26.7 Å². The Morgan fingerprint density at radius 2 is 1.11 bits per heavy atom. The third kappa shape index (κ3) is 28.7. The lowest BCUT2D eigenvalue weighted by Gasteiger charge is -2.32. The van der Waals surface area contributed by atoms with Crippen LogP contribution >= 0.6 is 11.8 Å². The molecule has 5 N–H and O–H groups in total. The third-order valence-electron chi connectivity index (χ3n) is 22.7. The first-order chi connectivity index (χ1) is 62.7. The molecule has 0 radical (unpaired) electrons. The lowest BCUT2D eigenvalue weighted by molar-refractivity contribution is -0.139. The first-order valence-corrected chi connectivity index (χ1v) is 44.9. The molecule has 3 saturated heterocycles. The van der Waals surface area contributed by atoms with E-state index in [1.165, 1.54) is 86.9 Å². The molecule has 706 valence electrons. The molecule has 9 aliphatic heterocycles. The number of imide groups is 1. The number of anilines is 3. The van der Waals surface area contributed by atoms with Crippen LogP contribution < -0.4 is 55.3 Å². The maximum absolute atomic E-state index is 15.1. The number of ketones is 3. The molecule has 11 amide bonds. The van der Waals surface area contributed by atoms with Crippen LogP contribution in [0.2, 0.25) is 0 Å². The van der Waals surface area contributed by atoms with Crippen LogP contribution in [-0.2, 0) is 110 Å². The number of carbonyl (C=O) groups excluding carboxylic acids is 14. The summed E-state index contributed by atoms with van der Waals surface area (Å²) in [7, 11) is 5.87. The van der Waals surface area contributed by atoms with E-state index in [9.17, 15) is 57.5 Å². The summed E-state index contributed by atoms with van der Waals surface area (Å²) >= 11 is 1.32. The quantitative estimate of drug-likeness (QED) is 0.0181. The summed E-state index contributed by atoms with van der Waals surface area (Å²) in [6.45, 7) is 10.7. The van der Waals surface area contributed by atoms with Gasteiger partial charge in [0.2, 0.25) is 41.4 Å². The second-order valence-electron chi connectivity index (χ2n) is 32.2. The highest BCUT2D eigenvalue weighted by molar-refractivity contribution is 8.00. The first kappa shape index (κ1) is 101. The number of ether oxygens (including phenoxy) is 12. The number of Topliss-reactive ketones (excluding diaryl/α,β-unsaturated/α-hetero) is 3. The largest absolute Gasteiger partial charge is 0.493 e. The van der Waals surface area contributed by atoms with Crippen LogP contribution in [0.5, 0.6) is 23.0 Å². The zero-order valence-corrected chi connectivity index (χ0v) is 75.7. The van der Waals surface area contributed by atoms with Gasteiger partial charge in [-0.25, -0.2) is 9.59 Å². The van der Waals surface area contributed by atoms with Crippen molar-refractivity contribution in [2.75, 3.05) is 175 Å². The molecule has 4 aromatic rings. The van der Waals surface area contributed by atoms with Crippen molar-refractivity contribution in [1.29, 1.82) is 0 Å². The summed E-state index contributed by atoms with van der Waals surface area (Å²) in [5, 5.41) is 17.7. The number of carbonyl (C=O) groups is 14. The Kier molecular flexibility index (Phi) is 39.1. The molecule has 130 heavy (non-hydrogen) atoms. The zero-order chi connectivity index (χ0) is 93.3. The van der Waals surface area contributed by atoms with Gasteiger partial charge >= 0.3 is 12.2 Å². The van der Waals surface area contributed by atoms with E-state index in [1.807, 2.05) is 0 Å². The highest BCUT2D eigenvalue weighted by Crippen LogP contribution is 2.44. The van der Waals surface area contributed by atoms with Gasteiger partial charge in [0.15, 0.2) is 28.8 Å². The van der Waals surface area contributed by atoms with Crippen molar-refractivity contribution >= 4 is 117 Å². The first-order valence-electron chi connectivity index (χ1n) is 43.6. The number of likely N-dealkylation sites (tertiary alicyclic amines) is 1. The van der Waals surface area contributed by atoms with Gasteiger partial charge in [-0.2, -0.15) is 11.8 Å². The van der Waals surface area contributed by atoms with E-state index in [0.29, 0.717) is 55.3 Å². The minimum atomic E-state index is -1.29. The molecule has 0 aromatic heterocycles. The van der Waals surface area contributed by atoms with Crippen molar-refractivity contribution in [3.8, 4) is 23.0 Å². The van der Waals surface area contributed by atoms with Crippen molar-refractivity contribution in [2.45, 2.75) is 153 Å². The van der Waals surface area contributed by atoms with Crippen LogP contribution in [0.25, 0.3) is 0 Å². The molecule has 9 heterocycles. The van der Waals surface area contributed by atoms with Crippen molar-refractivity contribution in [2.24, 2.45) is 17.0 Å². The van der Waals surface area contributed by atoms with Crippen LogP contribution in [-0.4, -0.2) is 298 Å². The Hall–Kier alpha value is -11.6.